The number of nitrogens with two attached hydrogens (primary N) is 1. The van der Waals surface area contributed by atoms with E-state index in [1.165, 1.54) is 6.20 Å². The van der Waals surface area contributed by atoms with Gasteiger partial charge in [-0.3, -0.25) is 4.79 Å². The second-order valence-corrected chi connectivity index (χ2v) is 2.74. The Balaban J connectivity index is 2.47. The Kier molecular flexibility index (Phi) is 2.14. The molecular formula is C7H12N2O2. The second kappa shape index (κ2) is 2.92. The molecular weight excluding hydrogens is 144 g/mol. The number of carboxylic acids is 1. The van der Waals surface area contributed by atoms with Crippen LogP contribution in [-0.4, -0.2) is 23.2 Å². The normalized spacial score (nSPS) is 35.5. The quantitative estimate of drug-likeness (QED) is 0.516. The summed E-state index contributed by atoms with van der Waals surface area (Å²) in [5.74, 6) is -1.28. The molecule has 3 unspecified atom stereocenters. The fraction of sp³-hybridized carbons (Fsp3) is 0.571. The zero-order valence-electron chi connectivity index (χ0n) is 6.16. The summed E-state index contributed by atoms with van der Waals surface area (Å²) in [7, 11) is 0. The van der Waals surface area contributed by atoms with Crippen molar-refractivity contribution >= 4 is 5.97 Å². The third-order valence-corrected chi connectivity index (χ3v) is 2.04. The highest BCUT2D eigenvalue weighted by Gasteiger charge is 2.43. The molecule has 4 N–H and O–H groups in total. The molecule has 0 aromatic heterocycles. The number of hydrogen-bond acceptors (Lipinski definition) is 3. The van der Waals surface area contributed by atoms with Gasteiger partial charge in [0.2, 0.25) is 0 Å². The van der Waals surface area contributed by atoms with E-state index in [2.05, 4.69) is 11.9 Å². The molecule has 3 atom stereocenters. The van der Waals surface area contributed by atoms with Gasteiger partial charge < -0.3 is 16.2 Å². The van der Waals surface area contributed by atoms with E-state index in [0.717, 1.165) is 0 Å². The van der Waals surface area contributed by atoms with Crippen LogP contribution in [0.5, 0.6) is 0 Å². The molecule has 0 saturated heterocycles. The Labute approximate surface area is 65.1 Å². The van der Waals surface area contributed by atoms with Crippen LogP contribution in [0.1, 0.15) is 6.42 Å². The number of aliphatic carboxylic acids is 1. The summed E-state index contributed by atoms with van der Waals surface area (Å²) in [4.78, 5) is 10.5. The Morgan fingerprint density at radius 2 is 2.45 bits per heavy atom. The first kappa shape index (κ1) is 8.07. The van der Waals surface area contributed by atoms with Crippen molar-refractivity contribution in [2.24, 2.45) is 11.7 Å². The summed E-state index contributed by atoms with van der Waals surface area (Å²) >= 11 is 0. The molecule has 0 heterocycles. The zero-order valence-corrected chi connectivity index (χ0v) is 6.16. The monoisotopic (exact) mass is 156 g/mol. The lowest BCUT2D eigenvalue weighted by Crippen LogP contribution is -2.59. The molecule has 0 bridgehead atoms. The van der Waals surface area contributed by atoms with Gasteiger partial charge in [0, 0.05) is 12.1 Å². The topological polar surface area (TPSA) is 75.3 Å². The molecule has 1 rings (SSSR count). The minimum absolute atomic E-state index is 0.0278. The number of rotatable bonds is 3. The number of hydrogen-bond donors (Lipinski definition) is 3. The number of carboxylic acid groups (broad SMARTS) is 1. The third-order valence-electron chi connectivity index (χ3n) is 2.04. The lowest BCUT2D eigenvalue weighted by atomic mass is 9.75. The van der Waals surface area contributed by atoms with Gasteiger partial charge in [-0.25, -0.2) is 0 Å². The molecule has 0 amide bonds. The van der Waals surface area contributed by atoms with Crippen molar-refractivity contribution in [1.29, 1.82) is 0 Å². The van der Waals surface area contributed by atoms with Gasteiger partial charge in [0.1, 0.15) is 0 Å². The summed E-state index contributed by atoms with van der Waals surface area (Å²) < 4.78 is 0. The summed E-state index contributed by atoms with van der Waals surface area (Å²) in [5, 5.41) is 11.5. The maximum absolute atomic E-state index is 10.5. The van der Waals surface area contributed by atoms with Crippen molar-refractivity contribution in [3.63, 3.8) is 0 Å². The average molecular weight is 156 g/mol. The van der Waals surface area contributed by atoms with Gasteiger partial charge in [-0.2, -0.15) is 0 Å². The predicted molar refractivity (Wildman–Crippen MR) is 40.8 cm³/mol. The SMILES string of the molecule is C=CNC1CC(N)C1C(=O)O. The molecule has 0 aliphatic heterocycles. The van der Waals surface area contributed by atoms with E-state index in [-0.39, 0.29) is 12.1 Å². The summed E-state index contributed by atoms with van der Waals surface area (Å²) in [6, 6.07) is -0.232. The molecule has 0 spiro atoms. The molecule has 1 aliphatic rings. The highest BCUT2D eigenvalue weighted by atomic mass is 16.4. The number of nitrogens with one attached hydrogen (secondary N) is 1. The maximum Gasteiger partial charge on any atom is 0.310 e. The fourth-order valence-electron chi connectivity index (χ4n) is 1.37. The molecule has 0 aromatic rings. The predicted octanol–water partition coefficient (Wildman–Crippen LogP) is -0.480. The summed E-state index contributed by atoms with van der Waals surface area (Å²) in [6.45, 7) is 3.46. The molecule has 11 heavy (non-hydrogen) atoms. The van der Waals surface area contributed by atoms with Crippen LogP contribution >= 0.6 is 0 Å². The van der Waals surface area contributed by atoms with Gasteiger partial charge in [-0.05, 0) is 12.6 Å². The van der Waals surface area contributed by atoms with Crippen molar-refractivity contribution in [1.82, 2.24) is 5.32 Å². The Morgan fingerprint density at radius 3 is 2.82 bits per heavy atom. The molecule has 4 nitrogen and oxygen atoms in total. The highest BCUT2D eigenvalue weighted by Crippen LogP contribution is 2.26. The van der Waals surface area contributed by atoms with E-state index < -0.39 is 11.9 Å². The van der Waals surface area contributed by atoms with Gasteiger partial charge in [-0.15, -0.1) is 0 Å². The van der Waals surface area contributed by atoms with Gasteiger partial charge in [0.25, 0.3) is 0 Å². The van der Waals surface area contributed by atoms with Crippen LogP contribution in [0.25, 0.3) is 0 Å². The van der Waals surface area contributed by atoms with Crippen molar-refractivity contribution in [3.8, 4) is 0 Å². The van der Waals surface area contributed by atoms with E-state index in [9.17, 15) is 4.79 Å². The smallest absolute Gasteiger partial charge is 0.310 e. The van der Waals surface area contributed by atoms with Crippen LogP contribution in [0.3, 0.4) is 0 Å². The van der Waals surface area contributed by atoms with Crippen molar-refractivity contribution in [3.05, 3.63) is 12.8 Å². The van der Waals surface area contributed by atoms with E-state index in [0.29, 0.717) is 6.42 Å². The first-order valence-corrected chi connectivity index (χ1v) is 3.52. The van der Waals surface area contributed by atoms with E-state index >= 15 is 0 Å². The summed E-state index contributed by atoms with van der Waals surface area (Å²) in [5.41, 5.74) is 5.49. The van der Waals surface area contributed by atoms with Crippen molar-refractivity contribution in [2.75, 3.05) is 0 Å². The van der Waals surface area contributed by atoms with Crippen molar-refractivity contribution in [2.45, 2.75) is 18.5 Å². The minimum atomic E-state index is -0.830. The van der Waals surface area contributed by atoms with E-state index in [1.807, 2.05) is 0 Å². The van der Waals surface area contributed by atoms with E-state index in [4.69, 9.17) is 10.8 Å². The maximum atomic E-state index is 10.5. The third kappa shape index (κ3) is 1.35. The van der Waals surface area contributed by atoms with Crippen LogP contribution in [0.15, 0.2) is 12.8 Å². The van der Waals surface area contributed by atoms with Crippen LogP contribution in [0, 0.1) is 5.92 Å². The second-order valence-electron chi connectivity index (χ2n) is 2.74. The molecule has 4 heteroatoms. The van der Waals surface area contributed by atoms with Gasteiger partial charge in [0.05, 0.1) is 5.92 Å². The van der Waals surface area contributed by atoms with Crippen LogP contribution < -0.4 is 11.1 Å². The number of carbonyl (C=O) groups is 1. The first-order valence-electron chi connectivity index (χ1n) is 3.52. The average Bonchev–Trinajstić information content (AvgIpc) is 1.85. The van der Waals surface area contributed by atoms with Crippen LogP contribution in [0.4, 0.5) is 0 Å². The molecule has 0 aromatic carbocycles. The largest absolute Gasteiger partial charge is 0.481 e. The van der Waals surface area contributed by atoms with Gasteiger partial charge in [0.15, 0.2) is 0 Å². The zero-order chi connectivity index (χ0) is 8.43. The Bertz CT molecular complexity index is 181. The standard InChI is InChI=1S/C7H12N2O2/c1-2-9-5-3-4(8)6(5)7(10)11/h2,4-6,9H,1,3,8H2,(H,10,11). The van der Waals surface area contributed by atoms with Gasteiger partial charge in [-0.1, -0.05) is 6.58 Å². The fourth-order valence-corrected chi connectivity index (χ4v) is 1.37. The minimum Gasteiger partial charge on any atom is -0.481 e. The first-order chi connectivity index (χ1) is 5.16. The van der Waals surface area contributed by atoms with Crippen LogP contribution in [0.2, 0.25) is 0 Å². The van der Waals surface area contributed by atoms with E-state index in [1.54, 1.807) is 0 Å². The van der Waals surface area contributed by atoms with Crippen LogP contribution in [-0.2, 0) is 4.79 Å². The molecule has 1 aliphatic carbocycles. The molecule has 1 saturated carbocycles. The lowest BCUT2D eigenvalue weighted by Gasteiger charge is -2.39. The molecule has 1 fully saturated rings. The van der Waals surface area contributed by atoms with Crippen molar-refractivity contribution < 1.29 is 9.90 Å². The Morgan fingerprint density at radius 1 is 1.82 bits per heavy atom. The highest BCUT2D eigenvalue weighted by molar-refractivity contribution is 5.73. The molecule has 62 valence electrons. The summed E-state index contributed by atoms with van der Waals surface area (Å²) in [6.07, 6.45) is 2.22. The Hall–Kier alpha value is -1.03. The van der Waals surface area contributed by atoms with Gasteiger partial charge >= 0.3 is 5.97 Å². The molecule has 0 radical (unpaired) electrons. The lowest BCUT2D eigenvalue weighted by molar-refractivity contribution is -0.146.